The van der Waals surface area contributed by atoms with Crippen molar-refractivity contribution in [2.24, 2.45) is 0 Å². The Hall–Kier alpha value is -0.605. The van der Waals surface area contributed by atoms with Gasteiger partial charge in [0.25, 0.3) is 0 Å². The molecule has 1 heterocycles. The smallest absolute Gasteiger partial charge is 0.315 e. The average Bonchev–Trinajstić information content (AvgIpc) is 2.34. The van der Waals surface area contributed by atoms with E-state index in [0.717, 1.165) is 11.1 Å². The van der Waals surface area contributed by atoms with Crippen molar-refractivity contribution in [3.63, 3.8) is 0 Å². The predicted molar refractivity (Wildman–Crippen MR) is 38.7 cm³/mol. The standard InChI is InChI=1S/C5H5BO2S/c7-3-4-1-2-5(6-8)9-4/h1-3,6,8H. The molecule has 0 aliphatic rings. The predicted octanol–water partition coefficient (Wildman–Crippen LogP) is -0.470. The van der Waals surface area contributed by atoms with Crippen molar-refractivity contribution in [1.82, 2.24) is 0 Å². The second-order valence-electron chi connectivity index (χ2n) is 1.58. The van der Waals surface area contributed by atoms with E-state index in [1.807, 2.05) is 0 Å². The number of carbonyl (C=O) groups is 1. The van der Waals surface area contributed by atoms with Crippen molar-refractivity contribution < 1.29 is 9.82 Å². The first-order chi connectivity index (χ1) is 4.36. The minimum absolute atomic E-state index is 0.0263. The van der Waals surface area contributed by atoms with Gasteiger partial charge in [0.15, 0.2) is 6.29 Å². The van der Waals surface area contributed by atoms with Gasteiger partial charge in [0.2, 0.25) is 0 Å². The molecule has 1 aromatic rings. The van der Waals surface area contributed by atoms with Crippen molar-refractivity contribution in [3.05, 3.63) is 17.0 Å². The van der Waals surface area contributed by atoms with Crippen molar-refractivity contribution in [3.8, 4) is 0 Å². The number of aldehydes is 1. The van der Waals surface area contributed by atoms with Crippen LogP contribution in [0.5, 0.6) is 0 Å². The van der Waals surface area contributed by atoms with Gasteiger partial charge in [-0.3, -0.25) is 4.79 Å². The van der Waals surface area contributed by atoms with Crippen LogP contribution in [0.4, 0.5) is 0 Å². The first-order valence-corrected chi connectivity index (χ1v) is 3.33. The molecule has 0 bridgehead atoms. The van der Waals surface area contributed by atoms with E-state index < -0.39 is 0 Å². The summed E-state index contributed by atoms with van der Waals surface area (Å²) >= 11 is 1.31. The second kappa shape index (κ2) is 2.80. The Labute approximate surface area is 57.4 Å². The van der Waals surface area contributed by atoms with Crippen molar-refractivity contribution in [2.45, 2.75) is 0 Å². The van der Waals surface area contributed by atoms with Crippen LogP contribution >= 0.6 is 11.3 Å². The van der Waals surface area contributed by atoms with Gasteiger partial charge < -0.3 is 5.02 Å². The second-order valence-corrected chi connectivity index (χ2v) is 2.78. The molecule has 1 rings (SSSR count). The Morgan fingerprint density at radius 1 is 1.67 bits per heavy atom. The molecular weight excluding hydrogens is 135 g/mol. The molecule has 0 radical (unpaired) electrons. The van der Waals surface area contributed by atoms with Crippen LogP contribution in [0.25, 0.3) is 0 Å². The van der Waals surface area contributed by atoms with E-state index in [0.29, 0.717) is 4.88 Å². The van der Waals surface area contributed by atoms with Gasteiger partial charge in [-0.05, 0) is 6.07 Å². The lowest BCUT2D eigenvalue weighted by Gasteiger charge is -1.77. The number of hydrogen-bond donors (Lipinski definition) is 1. The molecule has 1 aromatic heterocycles. The third kappa shape index (κ3) is 1.40. The van der Waals surface area contributed by atoms with Gasteiger partial charge in [0, 0.05) is 4.78 Å². The summed E-state index contributed by atoms with van der Waals surface area (Å²) in [5.41, 5.74) is 0. The Bertz CT molecular complexity index is 208. The fraction of sp³-hybridized carbons (Fsp3) is 0. The number of thiophene rings is 1. The molecule has 0 fully saturated rings. The Balaban J connectivity index is 2.86. The first kappa shape index (κ1) is 6.51. The summed E-state index contributed by atoms with van der Waals surface area (Å²) in [5, 5.41) is 8.54. The van der Waals surface area contributed by atoms with E-state index in [2.05, 4.69) is 0 Å². The molecule has 4 heteroatoms. The van der Waals surface area contributed by atoms with E-state index in [1.54, 1.807) is 12.1 Å². The zero-order valence-corrected chi connectivity index (χ0v) is 5.52. The summed E-state index contributed by atoms with van der Waals surface area (Å²) in [6.45, 7) is 0. The summed E-state index contributed by atoms with van der Waals surface area (Å²) in [5.74, 6) is 0. The Morgan fingerprint density at radius 2 is 2.44 bits per heavy atom. The third-order valence-electron chi connectivity index (χ3n) is 0.954. The molecule has 0 amide bonds. The van der Waals surface area contributed by atoms with Gasteiger partial charge in [-0.25, -0.2) is 0 Å². The SMILES string of the molecule is O=Cc1ccc(BO)s1. The summed E-state index contributed by atoms with van der Waals surface area (Å²) in [6.07, 6.45) is 0.782. The highest BCUT2D eigenvalue weighted by molar-refractivity contribution is 7.22. The van der Waals surface area contributed by atoms with Gasteiger partial charge in [0.1, 0.15) is 0 Å². The molecule has 0 aliphatic carbocycles. The van der Waals surface area contributed by atoms with Crippen LogP contribution in [0.15, 0.2) is 12.1 Å². The van der Waals surface area contributed by atoms with Gasteiger partial charge in [-0.2, -0.15) is 0 Å². The number of carbonyl (C=O) groups excluding carboxylic acids is 1. The largest absolute Gasteiger partial charge is 0.449 e. The highest BCUT2D eigenvalue weighted by atomic mass is 32.1. The molecule has 0 spiro atoms. The lowest BCUT2D eigenvalue weighted by atomic mass is 10.0. The average molecular weight is 140 g/mol. The van der Waals surface area contributed by atoms with Crippen LogP contribution in [0.1, 0.15) is 9.67 Å². The van der Waals surface area contributed by atoms with E-state index >= 15 is 0 Å². The molecule has 0 saturated carbocycles. The van der Waals surface area contributed by atoms with Crippen LogP contribution in [0.2, 0.25) is 0 Å². The summed E-state index contributed by atoms with van der Waals surface area (Å²) in [4.78, 5) is 10.7. The van der Waals surface area contributed by atoms with Gasteiger partial charge in [-0.1, -0.05) is 6.07 Å². The molecule has 0 unspecified atom stereocenters. The van der Waals surface area contributed by atoms with E-state index in [-0.39, 0.29) is 7.48 Å². The number of hydrogen-bond acceptors (Lipinski definition) is 3. The van der Waals surface area contributed by atoms with Gasteiger partial charge in [-0.15, -0.1) is 11.3 Å². The lowest BCUT2D eigenvalue weighted by molar-refractivity contribution is 0.112. The lowest BCUT2D eigenvalue weighted by Crippen LogP contribution is -2.06. The fourth-order valence-electron chi connectivity index (χ4n) is 0.543. The van der Waals surface area contributed by atoms with Crippen molar-refractivity contribution in [1.29, 1.82) is 0 Å². The minimum atomic E-state index is 0.0263. The summed E-state index contributed by atoms with van der Waals surface area (Å²) in [7, 11) is 0.0263. The summed E-state index contributed by atoms with van der Waals surface area (Å²) < 4.78 is 0.831. The molecule has 46 valence electrons. The Kier molecular flexibility index (Phi) is 2.03. The molecule has 0 atom stereocenters. The Morgan fingerprint density at radius 3 is 2.78 bits per heavy atom. The molecule has 0 aliphatic heterocycles. The first-order valence-electron chi connectivity index (χ1n) is 2.51. The molecule has 1 N–H and O–H groups in total. The van der Waals surface area contributed by atoms with Crippen LogP contribution in [-0.4, -0.2) is 18.8 Å². The molecule has 2 nitrogen and oxygen atoms in total. The van der Waals surface area contributed by atoms with E-state index in [1.165, 1.54) is 11.3 Å². The zero-order chi connectivity index (χ0) is 6.69. The molecule has 0 aromatic carbocycles. The quantitative estimate of drug-likeness (QED) is 0.445. The van der Waals surface area contributed by atoms with Crippen molar-refractivity contribution in [2.75, 3.05) is 0 Å². The fourth-order valence-corrected chi connectivity index (χ4v) is 1.23. The normalized spacial score (nSPS) is 9.00. The van der Waals surface area contributed by atoms with Gasteiger partial charge >= 0.3 is 7.48 Å². The molecule has 9 heavy (non-hydrogen) atoms. The maximum atomic E-state index is 10.1. The monoisotopic (exact) mass is 140 g/mol. The highest BCUT2D eigenvalue weighted by Gasteiger charge is 1.96. The van der Waals surface area contributed by atoms with E-state index in [9.17, 15) is 4.79 Å². The zero-order valence-electron chi connectivity index (χ0n) is 4.70. The van der Waals surface area contributed by atoms with Gasteiger partial charge in [0.05, 0.1) is 4.88 Å². The van der Waals surface area contributed by atoms with Crippen LogP contribution in [0.3, 0.4) is 0 Å². The third-order valence-corrected chi connectivity index (χ3v) is 1.95. The summed E-state index contributed by atoms with van der Waals surface area (Å²) in [6, 6.07) is 3.44. The maximum absolute atomic E-state index is 10.1. The molecular formula is C5H5BO2S. The van der Waals surface area contributed by atoms with Crippen LogP contribution in [-0.2, 0) is 0 Å². The molecule has 0 saturated heterocycles. The van der Waals surface area contributed by atoms with Crippen molar-refractivity contribution >= 4 is 29.9 Å². The maximum Gasteiger partial charge on any atom is 0.315 e. The highest BCUT2D eigenvalue weighted by Crippen LogP contribution is 2.00. The topological polar surface area (TPSA) is 37.3 Å². The number of rotatable bonds is 2. The van der Waals surface area contributed by atoms with Crippen LogP contribution in [0, 0.1) is 0 Å². The van der Waals surface area contributed by atoms with Crippen LogP contribution < -0.4 is 4.78 Å². The minimum Gasteiger partial charge on any atom is -0.449 e. The van der Waals surface area contributed by atoms with E-state index in [4.69, 9.17) is 5.02 Å².